The van der Waals surface area contributed by atoms with Crippen molar-refractivity contribution >= 4 is 56.2 Å². The fourth-order valence-electron chi connectivity index (χ4n) is 3.09. The third-order valence-electron chi connectivity index (χ3n) is 4.28. The molecule has 3 heterocycles. The number of ether oxygens (including phenoxy) is 1. The predicted octanol–water partition coefficient (Wildman–Crippen LogP) is 6.43. The number of amides is 2. The summed E-state index contributed by atoms with van der Waals surface area (Å²) < 4.78 is 5.82. The van der Waals surface area contributed by atoms with Gasteiger partial charge in [0.15, 0.2) is 0 Å². The van der Waals surface area contributed by atoms with E-state index in [4.69, 9.17) is 16.3 Å². The third kappa shape index (κ3) is 2.70. The van der Waals surface area contributed by atoms with Crippen molar-refractivity contribution in [1.29, 1.82) is 0 Å². The molecular weight excluding hydrogens is 382 g/mol. The first-order valence-corrected chi connectivity index (χ1v) is 9.46. The van der Waals surface area contributed by atoms with Gasteiger partial charge >= 0.3 is 6.03 Å². The molecular formula is C20H12ClN3O2S. The van der Waals surface area contributed by atoms with Gasteiger partial charge < -0.3 is 10.1 Å². The van der Waals surface area contributed by atoms with E-state index in [0.29, 0.717) is 22.2 Å². The first-order chi connectivity index (χ1) is 13.2. The number of pyridine rings is 1. The Hall–Kier alpha value is -3.09. The molecule has 1 aliphatic heterocycles. The lowest BCUT2D eigenvalue weighted by molar-refractivity contribution is 0.259. The van der Waals surface area contributed by atoms with Crippen LogP contribution in [0.5, 0.6) is 11.5 Å². The van der Waals surface area contributed by atoms with Gasteiger partial charge in [0.1, 0.15) is 16.3 Å². The molecule has 0 atom stereocenters. The van der Waals surface area contributed by atoms with E-state index in [1.54, 1.807) is 23.2 Å². The quantitative estimate of drug-likeness (QED) is 0.436. The number of para-hydroxylation sites is 1. The Kier molecular flexibility index (Phi) is 3.74. The van der Waals surface area contributed by atoms with E-state index in [-0.39, 0.29) is 6.03 Å². The zero-order valence-electron chi connectivity index (χ0n) is 13.8. The molecule has 0 saturated heterocycles. The van der Waals surface area contributed by atoms with E-state index < -0.39 is 0 Å². The molecule has 0 fully saturated rings. The lowest BCUT2D eigenvalue weighted by Gasteiger charge is -2.28. The van der Waals surface area contributed by atoms with Gasteiger partial charge in [-0.25, -0.2) is 9.78 Å². The summed E-state index contributed by atoms with van der Waals surface area (Å²) >= 11 is 7.93. The van der Waals surface area contributed by atoms with Crippen LogP contribution in [0.3, 0.4) is 0 Å². The number of hydrogen-bond acceptors (Lipinski definition) is 4. The zero-order valence-corrected chi connectivity index (χ0v) is 15.4. The van der Waals surface area contributed by atoms with Gasteiger partial charge in [-0.1, -0.05) is 29.8 Å². The van der Waals surface area contributed by atoms with Crippen molar-refractivity contribution in [2.24, 2.45) is 0 Å². The molecule has 0 aliphatic carbocycles. The maximum Gasteiger partial charge on any atom is 0.331 e. The van der Waals surface area contributed by atoms with E-state index in [1.165, 1.54) is 11.3 Å². The van der Waals surface area contributed by atoms with E-state index in [0.717, 1.165) is 21.6 Å². The number of carbonyl (C=O) groups is 1. The molecule has 0 unspecified atom stereocenters. The number of rotatable bonds is 3. The van der Waals surface area contributed by atoms with Crippen LogP contribution in [-0.2, 0) is 0 Å². The lowest BCUT2D eigenvalue weighted by atomic mass is 10.1. The molecule has 0 radical (unpaired) electrons. The SMILES string of the molecule is O=C1Nc2csc3nccc(c23)N1c1ccc(Oc2ccccc2)c(Cl)c1. The van der Waals surface area contributed by atoms with Gasteiger partial charge in [-0.2, -0.15) is 0 Å². The molecule has 1 aliphatic rings. The van der Waals surface area contributed by atoms with Crippen LogP contribution in [0.2, 0.25) is 5.02 Å². The number of nitrogens with one attached hydrogen (secondary N) is 1. The number of thiophene rings is 1. The Labute approximate surface area is 163 Å². The maximum absolute atomic E-state index is 12.7. The van der Waals surface area contributed by atoms with E-state index in [2.05, 4.69) is 10.3 Å². The summed E-state index contributed by atoms with van der Waals surface area (Å²) in [5.74, 6) is 1.22. The van der Waals surface area contributed by atoms with E-state index in [9.17, 15) is 4.79 Å². The number of benzene rings is 2. The number of hydrogen-bond donors (Lipinski definition) is 1. The van der Waals surface area contributed by atoms with E-state index >= 15 is 0 Å². The Morgan fingerprint density at radius 1 is 1.11 bits per heavy atom. The largest absolute Gasteiger partial charge is 0.456 e. The molecule has 0 spiro atoms. The van der Waals surface area contributed by atoms with Crippen LogP contribution in [0.4, 0.5) is 21.9 Å². The van der Waals surface area contributed by atoms with Crippen LogP contribution < -0.4 is 15.0 Å². The lowest BCUT2D eigenvalue weighted by Crippen LogP contribution is -2.33. The van der Waals surface area contributed by atoms with Crippen molar-refractivity contribution in [3.8, 4) is 11.5 Å². The minimum atomic E-state index is -0.235. The maximum atomic E-state index is 12.7. The third-order valence-corrected chi connectivity index (χ3v) is 5.46. The second kappa shape index (κ2) is 6.26. The molecule has 7 heteroatoms. The van der Waals surface area contributed by atoms with Crippen LogP contribution in [0.25, 0.3) is 10.2 Å². The minimum absolute atomic E-state index is 0.235. The molecule has 2 amide bonds. The number of urea groups is 1. The van der Waals surface area contributed by atoms with Crippen molar-refractivity contribution in [2.45, 2.75) is 0 Å². The molecule has 2 aromatic carbocycles. The summed E-state index contributed by atoms with van der Waals surface area (Å²) in [6.45, 7) is 0. The second-order valence-electron chi connectivity index (χ2n) is 5.96. The number of anilines is 3. The molecule has 1 N–H and O–H groups in total. The summed E-state index contributed by atoms with van der Waals surface area (Å²) in [6, 6.07) is 16.3. The highest BCUT2D eigenvalue weighted by Crippen LogP contribution is 2.44. The molecule has 27 heavy (non-hydrogen) atoms. The van der Waals surface area contributed by atoms with Crippen molar-refractivity contribution in [1.82, 2.24) is 4.98 Å². The van der Waals surface area contributed by atoms with Gasteiger partial charge in [-0.05, 0) is 36.4 Å². The van der Waals surface area contributed by atoms with Crippen molar-refractivity contribution in [2.75, 3.05) is 10.2 Å². The first kappa shape index (κ1) is 16.1. The van der Waals surface area contributed by atoms with Gasteiger partial charge in [0.05, 0.1) is 27.5 Å². The second-order valence-corrected chi connectivity index (χ2v) is 7.22. The minimum Gasteiger partial charge on any atom is -0.456 e. The van der Waals surface area contributed by atoms with Crippen molar-refractivity contribution in [3.05, 3.63) is 71.2 Å². The smallest absolute Gasteiger partial charge is 0.331 e. The average Bonchev–Trinajstić information content (AvgIpc) is 3.09. The first-order valence-electron chi connectivity index (χ1n) is 8.20. The molecule has 5 nitrogen and oxygen atoms in total. The Morgan fingerprint density at radius 3 is 2.78 bits per heavy atom. The van der Waals surface area contributed by atoms with Gasteiger partial charge in [0.2, 0.25) is 0 Å². The highest BCUT2D eigenvalue weighted by Gasteiger charge is 2.28. The van der Waals surface area contributed by atoms with Crippen LogP contribution in [0.1, 0.15) is 0 Å². The fraction of sp³-hybridized carbons (Fsp3) is 0. The van der Waals surface area contributed by atoms with Gasteiger partial charge in [-0.15, -0.1) is 11.3 Å². The summed E-state index contributed by atoms with van der Waals surface area (Å²) in [4.78, 5) is 19.6. The normalized spacial score (nSPS) is 12.9. The molecule has 5 rings (SSSR count). The summed E-state index contributed by atoms with van der Waals surface area (Å²) in [6.07, 6.45) is 1.71. The number of halogens is 1. The predicted molar refractivity (Wildman–Crippen MR) is 109 cm³/mol. The van der Waals surface area contributed by atoms with Gasteiger partial charge in [0, 0.05) is 11.6 Å². The van der Waals surface area contributed by atoms with Crippen LogP contribution in [0, 0.1) is 0 Å². The van der Waals surface area contributed by atoms with Gasteiger partial charge in [-0.3, -0.25) is 4.90 Å². The Bertz CT molecular complexity index is 1180. The molecule has 132 valence electrons. The zero-order chi connectivity index (χ0) is 18.4. The standard InChI is InChI=1S/C20H12ClN3O2S/c21-14-10-12(6-7-17(14)26-13-4-2-1-3-5-13)24-16-8-9-22-19-18(16)15(11-27-19)23-20(24)25/h1-11H,(H,23,25). The Morgan fingerprint density at radius 2 is 1.96 bits per heavy atom. The topological polar surface area (TPSA) is 54.5 Å². The van der Waals surface area contributed by atoms with Gasteiger partial charge in [0.25, 0.3) is 0 Å². The highest BCUT2D eigenvalue weighted by molar-refractivity contribution is 7.17. The molecule has 0 bridgehead atoms. The van der Waals surface area contributed by atoms with Crippen molar-refractivity contribution < 1.29 is 9.53 Å². The molecule has 0 saturated carbocycles. The molecule has 4 aromatic rings. The van der Waals surface area contributed by atoms with Crippen LogP contribution in [0.15, 0.2) is 66.2 Å². The van der Waals surface area contributed by atoms with Crippen molar-refractivity contribution in [3.63, 3.8) is 0 Å². The summed E-state index contributed by atoms with van der Waals surface area (Å²) in [7, 11) is 0. The van der Waals surface area contributed by atoms with Crippen LogP contribution in [-0.4, -0.2) is 11.0 Å². The summed E-state index contributed by atoms with van der Waals surface area (Å²) in [5.41, 5.74) is 2.23. The Balaban J connectivity index is 1.55. The number of aromatic nitrogens is 1. The average molecular weight is 394 g/mol. The number of carbonyl (C=O) groups excluding carboxylic acids is 1. The van der Waals surface area contributed by atoms with E-state index in [1.807, 2.05) is 47.8 Å². The fourth-order valence-corrected chi connectivity index (χ4v) is 4.17. The van der Waals surface area contributed by atoms with Crippen LogP contribution >= 0.6 is 22.9 Å². The highest BCUT2D eigenvalue weighted by atomic mass is 35.5. The monoisotopic (exact) mass is 393 g/mol. The number of nitrogens with zero attached hydrogens (tertiary/aromatic N) is 2. The molecule has 2 aromatic heterocycles. The summed E-state index contributed by atoms with van der Waals surface area (Å²) in [5, 5.41) is 6.17.